The van der Waals surface area contributed by atoms with Gasteiger partial charge in [0.15, 0.2) is 0 Å². The van der Waals surface area contributed by atoms with Gasteiger partial charge in [-0.1, -0.05) is 0 Å². The van der Waals surface area contributed by atoms with Crippen molar-refractivity contribution in [3.05, 3.63) is 23.8 Å². The van der Waals surface area contributed by atoms with Crippen LogP contribution in [0.1, 0.15) is 70.3 Å². The summed E-state index contributed by atoms with van der Waals surface area (Å²) in [5.74, 6) is 0.991. The van der Waals surface area contributed by atoms with Gasteiger partial charge in [-0.3, -0.25) is 9.59 Å². The maximum Gasteiger partial charge on any atom is 0.240 e. The summed E-state index contributed by atoms with van der Waals surface area (Å²) in [6.07, 6.45) is 9.51. The molecule has 186 valence electrons. The zero-order chi connectivity index (χ0) is 23.9. The van der Waals surface area contributed by atoms with Crippen LogP contribution in [-0.4, -0.2) is 50.8 Å². The summed E-state index contributed by atoms with van der Waals surface area (Å²) in [6, 6.07) is 5.23. The first-order chi connectivity index (χ1) is 16.3. The van der Waals surface area contributed by atoms with Gasteiger partial charge < -0.3 is 9.80 Å². The van der Waals surface area contributed by atoms with Crippen LogP contribution in [0.2, 0.25) is 0 Å². The molecule has 1 aromatic rings. The fourth-order valence-corrected chi connectivity index (χ4v) is 7.10. The van der Waals surface area contributed by atoms with Gasteiger partial charge in [-0.25, -0.2) is 13.1 Å². The van der Waals surface area contributed by atoms with E-state index in [2.05, 4.69) is 4.72 Å². The predicted molar refractivity (Wildman–Crippen MR) is 131 cm³/mol. The molecule has 2 heterocycles. The average Bonchev–Trinajstić information content (AvgIpc) is 3.65. The Morgan fingerprint density at radius 1 is 0.941 bits per heavy atom. The number of likely N-dealkylation sites (tertiary alicyclic amines) is 1. The Labute approximate surface area is 203 Å². The first kappa shape index (κ1) is 23.8. The molecule has 0 bridgehead atoms. The van der Waals surface area contributed by atoms with Crippen molar-refractivity contribution >= 4 is 27.5 Å². The van der Waals surface area contributed by atoms with E-state index in [9.17, 15) is 18.0 Å². The number of rotatable bonds is 6. The lowest BCUT2D eigenvalue weighted by molar-refractivity contribution is -0.137. The molecule has 2 aliphatic carbocycles. The molecule has 0 spiro atoms. The largest absolute Gasteiger partial charge is 0.342 e. The molecule has 0 aromatic heterocycles. The van der Waals surface area contributed by atoms with Gasteiger partial charge in [-0.05, 0) is 101 Å². The molecule has 2 amide bonds. The van der Waals surface area contributed by atoms with Crippen molar-refractivity contribution in [1.82, 2.24) is 9.62 Å². The number of hydrogen-bond acceptors (Lipinski definition) is 4. The van der Waals surface area contributed by atoms with Crippen molar-refractivity contribution in [1.29, 1.82) is 0 Å². The maximum absolute atomic E-state index is 13.0. The van der Waals surface area contributed by atoms with E-state index in [4.69, 9.17) is 0 Å². The molecule has 2 saturated carbocycles. The summed E-state index contributed by atoms with van der Waals surface area (Å²) in [7, 11) is -3.62. The van der Waals surface area contributed by atoms with Crippen LogP contribution in [0.3, 0.4) is 0 Å². The standard InChI is InChI=1S/C26H37N3O4S/c1-18-15-22-16-23(11-12-24(22)29(18)26(31)21-9-10-21)34(32,33)27-17-19-5-7-20(8-6-19)25(30)28-13-3-2-4-14-28/h11-12,16,18-21,27H,2-10,13-15,17H2,1H3/t18-,19?,20?/m1/s1. The molecule has 7 nitrogen and oxygen atoms in total. The zero-order valence-corrected chi connectivity index (χ0v) is 21.0. The first-order valence-electron chi connectivity index (χ1n) is 13.1. The fourth-order valence-electron chi connectivity index (χ4n) is 5.93. The topological polar surface area (TPSA) is 86.8 Å². The van der Waals surface area contributed by atoms with Crippen LogP contribution in [0, 0.1) is 17.8 Å². The lowest BCUT2D eigenvalue weighted by Gasteiger charge is -2.34. The van der Waals surface area contributed by atoms with Crippen LogP contribution in [0.5, 0.6) is 0 Å². The van der Waals surface area contributed by atoms with Gasteiger partial charge in [0, 0.05) is 43.2 Å². The number of amides is 2. The van der Waals surface area contributed by atoms with E-state index in [0.29, 0.717) is 18.9 Å². The molecule has 4 aliphatic rings. The van der Waals surface area contributed by atoms with Gasteiger partial charge in [0.25, 0.3) is 0 Å². The van der Waals surface area contributed by atoms with E-state index >= 15 is 0 Å². The third-order valence-corrected chi connectivity index (χ3v) is 9.59. The number of hydrogen-bond donors (Lipinski definition) is 1. The number of sulfonamides is 1. The van der Waals surface area contributed by atoms with Crippen LogP contribution in [0.15, 0.2) is 23.1 Å². The van der Waals surface area contributed by atoms with Crippen molar-refractivity contribution in [3.63, 3.8) is 0 Å². The van der Waals surface area contributed by atoms with E-state index in [-0.39, 0.29) is 34.6 Å². The number of carbonyl (C=O) groups is 2. The molecule has 8 heteroatoms. The Hall–Kier alpha value is -1.93. The number of benzene rings is 1. The Morgan fingerprint density at radius 2 is 1.59 bits per heavy atom. The van der Waals surface area contributed by atoms with Crippen molar-refractivity contribution < 1.29 is 18.0 Å². The first-order valence-corrected chi connectivity index (χ1v) is 14.6. The molecule has 3 fully saturated rings. The average molecular weight is 488 g/mol. The van der Waals surface area contributed by atoms with Crippen LogP contribution in [0.4, 0.5) is 5.69 Å². The van der Waals surface area contributed by atoms with Crippen LogP contribution < -0.4 is 9.62 Å². The minimum absolute atomic E-state index is 0.0665. The Balaban J connectivity index is 1.16. The number of fused-ring (bicyclic) bond motifs is 1. The van der Waals surface area contributed by atoms with E-state index in [1.54, 1.807) is 18.2 Å². The number of anilines is 1. The highest BCUT2D eigenvalue weighted by molar-refractivity contribution is 7.89. The molecule has 1 saturated heterocycles. The smallest absolute Gasteiger partial charge is 0.240 e. The van der Waals surface area contributed by atoms with Gasteiger partial charge in [0.2, 0.25) is 21.8 Å². The second-order valence-corrected chi connectivity index (χ2v) is 12.5. The molecule has 2 aliphatic heterocycles. The molecule has 34 heavy (non-hydrogen) atoms. The maximum atomic E-state index is 13.0. The van der Waals surface area contributed by atoms with Gasteiger partial charge in [-0.15, -0.1) is 0 Å². The lowest BCUT2D eigenvalue weighted by Crippen LogP contribution is -2.41. The number of carbonyl (C=O) groups excluding carboxylic acids is 2. The minimum atomic E-state index is -3.62. The number of nitrogens with zero attached hydrogens (tertiary/aromatic N) is 2. The summed E-state index contributed by atoms with van der Waals surface area (Å²) in [4.78, 5) is 29.6. The normalized spacial score (nSPS) is 27.5. The third-order valence-electron chi connectivity index (χ3n) is 8.17. The van der Waals surface area contributed by atoms with E-state index < -0.39 is 10.0 Å². The predicted octanol–water partition coefficient (Wildman–Crippen LogP) is 3.47. The Kier molecular flexibility index (Phi) is 6.73. The highest BCUT2D eigenvalue weighted by Crippen LogP contribution is 2.39. The molecule has 0 unspecified atom stereocenters. The summed E-state index contributed by atoms with van der Waals surface area (Å²) >= 11 is 0. The Morgan fingerprint density at radius 3 is 2.26 bits per heavy atom. The van der Waals surface area contributed by atoms with Crippen LogP contribution in [0.25, 0.3) is 0 Å². The fraction of sp³-hybridized carbons (Fsp3) is 0.692. The van der Waals surface area contributed by atoms with Crippen molar-refractivity contribution in [2.24, 2.45) is 17.8 Å². The zero-order valence-electron chi connectivity index (χ0n) is 20.2. The molecular weight excluding hydrogens is 450 g/mol. The molecule has 0 radical (unpaired) electrons. The van der Waals surface area contributed by atoms with Gasteiger partial charge >= 0.3 is 0 Å². The van der Waals surface area contributed by atoms with Gasteiger partial charge in [0.05, 0.1) is 4.90 Å². The van der Waals surface area contributed by atoms with Gasteiger partial charge in [0.1, 0.15) is 0 Å². The highest BCUT2D eigenvalue weighted by atomic mass is 32.2. The summed E-state index contributed by atoms with van der Waals surface area (Å²) in [6.45, 7) is 4.22. The van der Waals surface area contributed by atoms with Crippen LogP contribution >= 0.6 is 0 Å². The SMILES string of the molecule is C[C@@H]1Cc2cc(S(=O)(=O)NCC3CCC(C(=O)N4CCCCC4)CC3)ccc2N1C(=O)C1CC1. The molecule has 1 atom stereocenters. The summed E-state index contributed by atoms with van der Waals surface area (Å²) in [5, 5.41) is 0. The second kappa shape index (κ2) is 9.61. The van der Waals surface area contributed by atoms with Crippen molar-refractivity contribution in [2.45, 2.75) is 82.1 Å². The summed E-state index contributed by atoms with van der Waals surface area (Å²) in [5.41, 5.74) is 1.79. The summed E-state index contributed by atoms with van der Waals surface area (Å²) < 4.78 is 28.8. The second-order valence-electron chi connectivity index (χ2n) is 10.8. The minimum Gasteiger partial charge on any atom is -0.342 e. The van der Waals surface area contributed by atoms with E-state index in [0.717, 1.165) is 75.7 Å². The third kappa shape index (κ3) is 4.89. The van der Waals surface area contributed by atoms with Crippen molar-refractivity contribution in [3.8, 4) is 0 Å². The molecule has 5 rings (SSSR count). The monoisotopic (exact) mass is 487 g/mol. The highest BCUT2D eigenvalue weighted by Gasteiger charge is 2.40. The van der Waals surface area contributed by atoms with E-state index in [1.807, 2.05) is 16.7 Å². The molecular formula is C26H37N3O4S. The number of piperidine rings is 1. The molecule has 1 N–H and O–H groups in total. The van der Waals surface area contributed by atoms with Gasteiger partial charge in [-0.2, -0.15) is 0 Å². The quantitative estimate of drug-likeness (QED) is 0.666. The number of nitrogens with one attached hydrogen (secondary N) is 1. The van der Waals surface area contributed by atoms with Crippen molar-refractivity contribution in [2.75, 3.05) is 24.5 Å². The lowest BCUT2D eigenvalue weighted by atomic mass is 9.81. The molecule has 1 aromatic carbocycles. The van der Waals surface area contributed by atoms with Crippen LogP contribution in [-0.2, 0) is 26.0 Å². The van der Waals surface area contributed by atoms with E-state index in [1.165, 1.54) is 6.42 Å². The Bertz CT molecular complexity index is 1040.